The van der Waals surface area contributed by atoms with E-state index in [1.165, 1.54) is 0 Å². The van der Waals surface area contributed by atoms with Gasteiger partial charge >= 0.3 is 7.60 Å². The first-order chi connectivity index (χ1) is 12.9. The molecule has 144 valence electrons. The minimum Gasteiger partial charge on any atom is -0.423 e. The predicted molar refractivity (Wildman–Crippen MR) is 102 cm³/mol. The highest BCUT2D eigenvalue weighted by Gasteiger charge is 2.21. The Balaban J connectivity index is 1.60. The van der Waals surface area contributed by atoms with Crippen molar-refractivity contribution in [2.45, 2.75) is 6.54 Å². The van der Waals surface area contributed by atoms with E-state index in [4.69, 9.17) is 15.0 Å². The smallest absolute Gasteiger partial charge is 0.402 e. The highest BCUT2D eigenvalue weighted by Crippen LogP contribution is 2.42. The third kappa shape index (κ3) is 4.73. The average molecular weight is 392 g/mol. The van der Waals surface area contributed by atoms with Gasteiger partial charge in [-0.2, -0.15) is 9.97 Å². The van der Waals surface area contributed by atoms with Crippen LogP contribution in [0.25, 0.3) is 11.2 Å². The molecule has 0 bridgehead atoms. The van der Waals surface area contributed by atoms with Gasteiger partial charge in [0.05, 0.1) is 12.9 Å². The molecule has 3 N–H and O–H groups in total. The summed E-state index contributed by atoms with van der Waals surface area (Å²) in [5, 5.41) is 0. The van der Waals surface area contributed by atoms with Gasteiger partial charge in [-0.1, -0.05) is 18.2 Å². The lowest BCUT2D eigenvalue weighted by Gasteiger charge is -2.14. The van der Waals surface area contributed by atoms with Crippen molar-refractivity contribution in [3.8, 4) is 5.75 Å². The molecule has 0 aliphatic rings. The Kier molecular flexibility index (Phi) is 5.59. The number of rotatable bonds is 8. The Labute approximate surface area is 156 Å². The highest BCUT2D eigenvalue weighted by atomic mass is 31.2. The first-order valence-corrected chi connectivity index (χ1v) is 9.92. The molecule has 1 unspecified atom stereocenters. The van der Waals surface area contributed by atoms with E-state index >= 15 is 0 Å². The minimum atomic E-state index is -3.90. The van der Waals surface area contributed by atoms with E-state index in [0.29, 0.717) is 29.3 Å². The summed E-state index contributed by atoms with van der Waals surface area (Å²) in [6, 6.07) is 8.44. The number of fused-ring (bicyclic) bond motifs is 1. The van der Waals surface area contributed by atoms with Crippen molar-refractivity contribution >= 4 is 30.5 Å². The van der Waals surface area contributed by atoms with E-state index < -0.39 is 13.9 Å². The SMILES string of the molecule is CN(C)c1nc(N)nc2c1ncn2CCOCP(=O)(O)Oc1ccccc1. The molecule has 0 amide bonds. The zero-order valence-electron chi connectivity index (χ0n) is 15.0. The van der Waals surface area contributed by atoms with Crippen molar-refractivity contribution in [1.29, 1.82) is 0 Å². The van der Waals surface area contributed by atoms with Crippen LogP contribution in [0.5, 0.6) is 5.75 Å². The molecule has 0 aliphatic carbocycles. The molecule has 0 saturated carbocycles. The molecule has 1 aromatic carbocycles. The fourth-order valence-corrected chi connectivity index (χ4v) is 3.30. The van der Waals surface area contributed by atoms with Crippen molar-refractivity contribution in [2.75, 3.05) is 37.7 Å². The number of benzene rings is 1. The number of hydrogen-bond donors (Lipinski definition) is 2. The number of nitrogens with zero attached hydrogens (tertiary/aromatic N) is 5. The van der Waals surface area contributed by atoms with E-state index in [1.54, 1.807) is 46.1 Å². The third-order valence-electron chi connectivity index (χ3n) is 3.61. The van der Waals surface area contributed by atoms with Crippen LogP contribution in [0.2, 0.25) is 0 Å². The molecule has 2 heterocycles. The molecule has 0 spiro atoms. The van der Waals surface area contributed by atoms with E-state index in [1.807, 2.05) is 14.1 Å². The maximum Gasteiger partial charge on any atom is 0.402 e. The average Bonchev–Trinajstić information content (AvgIpc) is 3.01. The maximum absolute atomic E-state index is 12.1. The topological polar surface area (TPSA) is 129 Å². The van der Waals surface area contributed by atoms with Gasteiger partial charge in [0.2, 0.25) is 5.95 Å². The van der Waals surface area contributed by atoms with Gasteiger partial charge in [-0.25, -0.2) is 9.55 Å². The molecule has 0 radical (unpaired) electrons. The molecule has 10 nitrogen and oxygen atoms in total. The number of ether oxygens (including phenoxy) is 1. The van der Waals surface area contributed by atoms with Crippen LogP contribution in [0.15, 0.2) is 36.7 Å². The predicted octanol–water partition coefficient (Wildman–Crippen LogP) is 1.71. The van der Waals surface area contributed by atoms with Crippen molar-refractivity contribution in [3.05, 3.63) is 36.7 Å². The van der Waals surface area contributed by atoms with Gasteiger partial charge in [-0.05, 0) is 12.1 Å². The minimum absolute atomic E-state index is 0.144. The van der Waals surface area contributed by atoms with Gasteiger partial charge in [0, 0.05) is 20.6 Å². The molecular formula is C16H21N6O4P. The molecule has 0 saturated heterocycles. The van der Waals surface area contributed by atoms with Crippen LogP contribution in [0.1, 0.15) is 0 Å². The fraction of sp³-hybridized carbons (Fsp3) is 0.312. The van der Waals surface area contributed by atoms with E-state index in [2.05, 4.69) is 15.0 Å². The summed E-state index contributed by atoms with van der Waals surface area (Å²) in [7, 11) is -0.213. The number of nitrogens with two attached hydrogens (primary N) is 1. The lowest BCUT2D eigenvalue weighted by Crippen LogP contribution is -2.14. The van der Waals surface area contributed by atoms with E-state index in [9.17, 15) is 9.46 Å². The maximum atomic E-state index is 12.1. The van der Waals surface area contributed by atoms with Gasteiger partial charge in [-0.15, -0.1) is 0 Å². The van der Waals surface area contributed by atoms with Crippen LogP contribution in [-0.2, 0) is 15.8 Å². The van der Waals surface area contributed by atoms with Gasteiger partial charge in [0.1, 0.15) is 5.75 Å². The molecule has 11 heteroatoms. The number of anilines is 2. The van der Waals surface area contributed by atoms with Crippen molar-refractivity contribution in [2.24, 2.45) is 0 Å². The second-order valence-electron chi connectivity index (χ2n) is 5.99. The number of nitrogen functional groups attached to an aromatic ring is 1. The summed E-state index contributed by atoms with van der Waals surface area (Å²) in [5.41, 5.74) is 6.96. The van der Waals surface area contributed by atoms with Crippen molar-refractivity contribution < 1.29 is 18.7 Å². The molecule has 0 aliphatic heterocycles. The molecule has 3 aromatic rings. The normalized spacial score (nSPS) is 13.4. The quantitative estimate of drug-likeness (QED) is 0.435. The van der Waals surface area contributed by atoms with Gasteiger partial charge in [0.15, 0.2) is 23.3 Å². The molecule has 0 fully saturated rings. The summed E-state index contributed by atoms with van der Waals surface area (Å²) in [4.78, 5) is 24.4. The molecule has 2 aromatic heterocycles. The van der Waals surface area contributed by atoms with E-state index in [0.717, 1.165) is 0 Å². The van der Waals surface area contributed by atoms with Crippen molar-refractivity contribution in [1.82, 2.24) is 19.5 Å². The molecule has 1 atom stereocenters. The number of hydrogen-bond acceptors (Lipinski definition) is 8. The Morgan fingerprint density at radius 3 is 2.70 bits per heavy atom. The monoisotopic (exact) mass is 392 g/mol. The second kappa shape index (κ2) is 7.91. The molecule has 3 rings (SSSR count). The molecule has 27 heavy (non-hydrogen) atoms. The van der Waals surface area contributed by atoms with Gasteiger partial charge < -0.3 is 29.4 Å². The second-order valence-corrected chi connectivity index (χ2v) is 7.70. The zero-order chi connectivity index (χ0) is 19.4. The van der Waals surface area contributed by atoms with Crippen LogP contribution in [0.4, 0.5) is 11.8 Å². The van der Waals surface area contributed by atoms with E-state index in [-0.39, 0.29) is 12.6 Å². The number of aromatic nitrogens is 4. The number of imidazole rings is 1. The largest absolute Gasteiger partial charge is 0.423 e. The third-order valence-corrected chi connectivity index (χ3v) is 4.61. The summed E-state index contributed by atoms with van der Waals surface area (Å²) in [5.74, 6) is 1.08. The van der Waals surface area contributed by atoms with Crippen LogP contribution in [0.3, 0.4) is 0 Å². The Bertz CT molecular complexity index is 962. The Morgan fingerprint density at radius 2 is 2.00 bits per heavy atom. The van der Waals surface area contributed by atoms with Crippen LogP contribution >= 0.6 is 7.60 Å². The number of para-hydroxylation sites is 1. The summed E-state index contributed by atoms with van der Waals surface area (Å²) < 4.78 is 24.2. The van der Waals surface area contributed by atoms with Crippen LogP contribution in [0, 0.1) is 0 Å². The summed E-state index contributed by atoms with van der Waals surface area (Å²) >= 11 is 0. The van der Waals surface area contributed by atoms with Gasteiger partial charge in [-0.3, -0.25) is 0 Å². The first-order valence-electron chi connectivity index (χ1n) is 8.15. The summed E-state index contributed by atoms with van der Waals surface area (Å²) in [6.07, 6.45) is 1.18. The van der Waals surface area contributed by atoms with Crippen molar-refractivity contribution in [3.63, 3.8) is 0 Å². The molecular weight excluding hydrogens is 371 g/mol. The zero-order valence-corrected chi connectivity index (χ0v) is 15.9. The first kappa shape index (κ1) is 19.1. The Hall–Kier alpha value is -2.68. The van der Waals surface area contributed by atoms with Crippen LogP contribution in [-0.4, -0.2) is 51.5 Å². The standard InChI is InChI=1S/C16H21N6O4P/c1-21(2)14-13-15(20-16(17)19-14)22(10-18-13)8-9-25-11-27(23,24)26-12-6-4-3-5-7-12/h3-7,10H,8-9,11H2,1-2H3,(H,23,24)(H2,17,19,20). The Morgan fingerprint density at radius 1 is 1.26 bits per heavy atom. The fourth-order valence-electron chi connectivity index (χ4n) is 2.44. The van der Waals surface area contributed by atoms with Gasteiger partial charge in [0.25, 0.3) is 0 Å². The van der Waals surface area contributed by atoms with Crippen LogP contribution < -0.4 is 15.2 Å². The lowest BCUT2D eigenvalue weighted by atomic mass is 10.3. The lowest BCUT2D eigenvalue weighted by molar-refractivity contribution is 0.151. The summed E-state index contributed by atoms with van der Waals surface area (Å²) in [6.45, 7) is 0.556. The highest BCUT2D eigenvalue weighted by molar-refractivity contribution is 7.53.